The molecule has 2 nitrogen and oxygen atoms in total. The van der Waals surface area contributed by atoms with Gasteiger partial charge in [-0.3, -0.25) is 4.79 Å². The van der Waals surface area contributed by atoms with Gasteiger partial charge in [0.05, 0.1) is 6.04 Å². The molecule has 1 saturated carbocycles. The van der Waals surface area contributed by atoms with E-state index in [-0.39, 0.29) is 11.8 Å². The van der Waals surface area contributed by atoms with Gasteiger partial charge >= 0.3 is 0 Å². The Morgan fingerprint density at radius 1 is 1.67 bits per heavy atom. The maximum atomic E-state index is 10.8. The van der Waals surface area contributed by atoms with Crippen LogP contribution >= 0.6 is 0 Å². The van der Waals surface area contributed by atoms with Gasteiger partial charge in [-0.1, -0.05) is 6.92 Å². The van der Waals surface area contributed by atoms with Gasteiger partial charge in [-0.05, 0) is 18.8 Å². The van der Waals surface area contributed by atoms with Gasteiger partial charge in [0.25, 0.3) is 0 Å². The highest BCUT2D eigenvalue weighted by Crippen LogP contribution is 2.19. The van der Waals surface area contributed by atoms with Gasteiger partial charge < -0.3 is 5.73 Å². The van der Waals surface area contributed by atoms with Gasteiger partial charge in [0.2, 0.25) is 0 Å². The third-order valence-electron chi connectivity index (χ3n) is 1.95. The van der Waals surface area contributed by atoms with E-state index in [1.807, 2.05) is 0 Å². The SMILES string of the molecule is CC1CCC(=O)C(N)C1. The first-order valence-electron chi connectivity index (χ1n) is 3.48. The number of nitrogens with two attached hydrogens (primary N) is 1. The van der Waals surface area contributed by atoms with Crippen LogP contribution in [0, 0.1) is 5.92 Å². The van der Waals surface area contributed by atoms with Crippen LogP contribution in [0.25, 0.3) is 0 Å². The predicted molar refractivity (Wildman–Crippen MR) is 36.0 cm³/mol. The van der Waals surface area contributed by atoms with Crippen LogP contribution in [0.5, 0.6) is 0 Å². The molecule has 0 heterocycles. The average molecular weight is 127 g/mol. The summed E-state index contributed by atoms with van der Waals surface area (Å²) in [6, 6.07) is -0.159. The highest BCUT2D eigenvalue weighted by atomic mass is 16.1. The molecule has 0 aromatic carbocycles. The van der Waals surface area contributed by atoms with E-state index in [0.717, 1.165) is 12.8 Å². The van der Waals surface area contributed by atoms with Crippen LogP contribution in [0.4, 0.5) is 0 Å². The quantitative estimate of drug-likeness (QED) is 0.520. The third-order valence-corrected chi connectivity index (χ3v) is 1.95. The summed E-state index contributed by atoms with van der Waals surface area (Å²) in [6.07, 6.45) is 2.62. The Morgan fingerprint density at radius 3 is 2.78 bits per heavy atom. The summed E-state index contributed by atoms with van der Waals surface area (Å²) in [6.45, 7) is 2.15. The van der Waals surface area contributed by atoms with Crippen molar-refractivity contribution >= 4 is 5.78 Å². The Morgan fingerprint density at radius 2 is 2.33 bits per heavy atom. The highest BCUT2D eigenvalue weighted by Gasteiger charge is 2.22. The van der Waals surface area contributed by atoms with Crippen molar-refractivity contribution in [1.29, 1.82) is 0 Å². The molecule has 2 N–H and O–H groups in total. The lowest BCUT2D eigenvalue weighted by atomic mass is 9.87. The normalized spacial score (nSPS) is 36.9. The van der Waals surface area contributed by atoms with E-state index in [2.05, 4.69) is 6.92 Å². The lowest BCUT2D eigenvalue weighted by Crippen LogP contribution is -2.35. The monoisotopic (exact) mass is 127 g/mol. The number of hydrogen-bond acceptors (Lipinski definition) is 2. The van der Waals surface area contributed by atoms with Crippen LogP contribution in [0.3, 0.4) is 0 Å². The molecule has 2 unspecified atom stereocenters. The van der Waals surface area contributed by atoms with Gasteiger partial charge in [-0.15, -0.1) is 0 Å². The maximum absolute atomic E-state index is 10.8. The Kier molecular flexibility index (Phi) is 1.86. The van der Waals surface area contributed by atoms with Crippen LogP contribution < -0.4 is 5.73 Å². The standard InChI is InChI=1S/C7H13NO/c1-5-2-3-7(9)6(8)4-5/h5-6H,2-4,8H2,1H3. The third kappa shape index (κ3) is 1.52. The molecule has 9 heavy (non-hydrogen) atoms. The molecule has 0 bridgehead atoms. The molecule has 0 aromatic rings. The van der Waals surface area contributed by atoms with Crippen LogP contribution in [-0.4, -0.2) is 11.8 Å². The molecule has 1 rings (SSSR count). The summed E-state index contributed by atoms with van der Waals surface area (Å²) in [5.74, 6) is 0.894. The van der Waals surface area contributed by atoms with E-state index in [4.69, 9.17) is 5.73 Å². The van der Waals surface area contributed by atoms with Crippen LogP contribution in [-0.2, 0) is 4.79 Å². The number of Topliss-reactive ketones (excluding diaryl/α,β-unsaturated/α-hetero) is 1. The molecule has 1 aliphatic rings. The Balaban J connectivity index is 2.44. The van der Waals surface area contributed by atoms with Gasteiger partial charge in [0.1, 0.15) is 5.78 Å². The van der Waals surface area contributed by atoms with E-state index in [0.29, 0.717) is 12.3 Å². The zero-order valence-corrected chi connectivity index (χ0v) is 5.76. The largest absolute Gasteiger partial charge is 0.322 e. The van der Waals surface area contributed by atoms with Crippen molar-refractivity contribution in [3.05, 3.63) is 0 Å². The molecule has 2 heteroatoms. The molecule has 0 amide bonds. The highest BCUT2D eigenvalue weighted by molar-refractivity contribution is 5.84. The lowest BCUT2D eigenvalue weighted by molar-refractivity contribution is -0.122. The molecular weight excluding hydrogens is 114 g/mol. The van der Waals surface area contributed by atoms with E-state index in [1.165, 1.54) is 0 Å². The number of ketones is 1. The molecule has 2 atom stereocenters. The fourth-order valence-electron chi connectivity index (χ4n) is 1.26. The minimum absolute atomic E-state index is 0.159. The molecule has 0 radical (unpaired) electrons. The number of hydrogen-bond donors (Lipinski definition) is 1. The zero-order valence-electron chi connectivity index (χ0n) is 5.76. The van der Waals surface area contributed by atoms with E-state index in [9.17, 15) is 4.79 Å². The van der Waals surface area contributed by atoms with Crippen LogP contribution in [0.1, 0.15) is 26.2 Å². The first-order valence-corrected chi connectivity index (χ1v) is 3.48. The smallest absolute Gasteiger partial charge is 0.149 e. The van der Waals surface area contributed by atoms with Crippen LogP contribution in [0.15, 0.2) is 0 Å². The summed E-state index contributed by atoms with van der Waals surface area (Å²) in [7, 11) is 0. The number of carbonyl (C=O) groups excluding carboxylic acids is 1. The van der Waals surface area contributed by atoms with Crippen molar-refractivity contribution in [2.45, 2.75) is 32.2 Å². The van der Waals surface area contributed by atoms with Crippen molar-refractivity contribution in [1.82, 2.24) is 0 Å². The molecule has 52 valence electrons. The summed E-state index contributed by atoms with van der Waals surface area (Å²) in [4.78, 5) is 10.8. The first-order chi connectivity index (χ1) is 4.20. The summed E-state index contributed by atoms with van der Waals surface area (Å²) < 4.78 is 0. The molecule has 0 aromatic heterocycles. The fourth-order valence-corrected chi connectivity index (χ4v) is 1.26. The van der Waals surface area contributed by atoms with Gasteiger partial charge in [-0.2, -0.15) is 0 Å². The minimum Gasteiger partial charge on any atom is -0.322 e. The topological polar surface area (TPSA) is 43.1 Å². The zero-order chi connectivity index (χ0) is 6.85. The molecule has 1 fully saturated rings. The lowest BCUT2D eigenvalue weighted by Gasteiger charge is -2.21. The second-order valence-electron chi connectivity index (χ2n) is 2.95. The average Bonchev–Trinajstić information content (AvgIpc) is 1.80. The van der Waals surface area contributed by atoms with Crippen molar-refractivity contribution < 1.29 is 4.79 Å². The fraction of sp³-hybridized carbons (Fsp3) is 0.857. The van der Waals surface area contributed by atoms with Crippen molar-refractivity contribution in [2.24, 2.45) is 11.7 Å². The molecule has 0 spiro atoms. The summed E-state index contributed by atoms with van der Waals surface area (Å²) >= 11 is 0. The Labute approximate surface area is 55.4 Å². The van der Waals surface area contributed by atoms with Crippen LogP contribution in [0.2, 0.25) is 0 Å². The summed E-state index contributed by atoms with van der Waals surface area (Å²) in [5.41, 5.74) is 5.52. The Hall–Kier alpha value is -0.370. The number of carbonyl (C=O) groups is 1. The predicted octanol–water partition coefficient (Wildman–Crippen LogP) is 0.703. The van der Waals surface area contributed by atoms with Gasteiger partial charge in [0.15, 0.2) is 0 Å². The van der Waals surface area contributed by atoms with Crippen molar-refractivity contribution in [2.75, 3.05) is 0 Å². The molecular formula is C7H13NO. The van der Waals surface area contributed by atoms with Crippen molar-refractivity contribution in [3.8, 4) is 0 Å². The molecule has 0 saturated heterocycles. The van der Waals surface area contributed by atoms with Gasteiger partial charge in [0, 0.05) is 6.42 Å². The second-order valence-corrected chi connectivity index (χ2v) is 2.95. The van der Waals surface area contributed by atoms with E-state index < -0.39 is 0 Å². The Bertz CT molecular complexity index is 122. The second kappa shape index (κ2) is 2.48. The van der Waals surface area contributed by atoms with Crippen molar-refractivity contribution in [3.63, 3.8) is 0 Å². The molecule has 0 aliphatic heterocycles. The van der Waals surface area contributed by atoms with E-state index in [1.54, 1.807) is 0 Å². The first kappa shape index (κ1) is 6.75. The molecule has 1 aliphatic carbocycles. The number of rotatable bonds is 0. The van der Waals surface area contributed by atoms with Gasteiger partial charge in [-0.25, -0.2) is 0 Å². The summed E-state index contributed by atoms with van der Waals surface area (Å²) in [5, 5.41) is 0. The minimum atomic E-state index is -0.159. The van der Waals surface area contributed by atoms with E-state index >= 15 is 0 Å². The maximum Gasteiger partial charge on any atom is 0.149 e.